The second kappa shape index (κ2) is 6.48. The molecule has 1 fully saturated rings. The Balaban J connectivity index is 1.81. The lowest BCUT2D eigenvalue weighted by Crippen LogP contribution is -2.35. The molecule has 0 aliphatic carbocycles. The molecule has 2 unspecified atom stereocenters. The second-order valence-electron chi connectivity index (χ2n) is 7.17. The molecule has 2 aromatic rings. The number of aryl methyl sites for hydroxylation is 1. The van der Waals surface area contributed by atoms with Crippen molar-refractivity contribution in [1.82, 2.24) is 14.4 Å². The Hall–Kier alpha value is -2.01. The monoisotopic (exact) mass is 329 g/mol. The van der Waals surface area contributed by atoms with E-state index in [4.69, 9.17) is 4.42 Å². The number of carbonyl (C=O) groups is 1. The van der Waals surface area contributed by atoms with Gasteiger partial charge in [-0.15, -0.1) is 0 Å². The highest BCUT2D eigenvalue weighted by atomic mass is 16.3. The summed E-state index contributed by atoms with van der Waals surface area (Å²) in [5.41, 5.74) is 2.91. The zero-order valence-electron chi connectivity index (χ0n) is 15.2. The molecule has 3 heterocycles. The zero-order chi connectivity index (χ0) is 17.4. The summed E-state index contributed by atoms with van der Waals surface area (Å²) < 4.78 is 7.60. The van der Waals surface area contributed by atoms with E-state index in [-0.39, 0.29) is 5.91 Å². The van der Waals surface area contributed by atoms with Crippen LogP contribution in [0.1, 0.15) is 34.4 Å². The van der Waals surface area contributed by atoms with Gasteiger partial charge >= 0.3 is 0 Å². The first-order chi connectivity index (χ1) is 11.4. The van der Waals surface area contributed by atoms with E-state index in [2.05, 4.69) is 30.5 Å². The van der Waals surface area contributed by atoms with Crippen molar-refractivity contribution in [3.63, 3.8) is 0 Å². The molecule has 1 amide bonds. The van der Waals surface area contributed by atoms with Crippen LogP contribution in [0.5, 0.6) is 0 Å². The van der Waals surface area contributed by atoms with E-state index in [0.29, 0.717) is 18.5 Å². The third-order valence-electron chi connectivity index (χ3n) is 5.22. The van der Waals surface area contributed by atoms with E-state index in [1.165, 1.54) is 0 Å². The first kappa shape index (κ1) is 16.8. The molecule has 130 valence electrons. The number of hydrogen-bond donors (Lipinski definition) is 0. The van der Waals surface area contributed by atoms with Gasteiger partial charge in [-0.2, -0.15) is 0 Å². The van der Waals surface area contributed by atoms with Crippen molar-refractivity contribution < 1.29 is 9.21 Å². The molecule has 0 aromatic carbocycles. The Morgan fingerprint density at radius 3 is 2.67 bits per heavy atom. The molecular weight excluding hydrogens is 302 g/mol. The van der Waals surface area contributed by atoms with Crippen LogP contribution in [0.25, 0.3) is 0 Å². The van der Waals surface area contributed by atoms with Gasteiger partial charge in [0.2, 0.25) is 0 Å². The number of rotatable bonds is 4. The Morgan fingerprint density at radius 1 is 1.33 bits per heavy atom. The van der Waals surface area contributed by atoms with Gasteiger partial charge in [0, 0.05) is 30.5 Å². The number of likely N-dealkylation sites (tertiary alicyclic amines) is 1. The Morgan fingerprint density at radius 2 is 2.08 bits per heavy atom. The molecule has 1 aliphatic heterocycles. The van der Waals surface area contributed by atoms with Crippen LogP contribution in [0.15, 0.2) is 28.9 Å². The molecule has 2 aromatic heterocycles. The van der Waals surface area contributed by atoms with Crippen molar-refractivity contribution in [2.75, 3.05) is 27.2 Å². The molecule has 1 saturated heterocycles. The standard InChI is InChI=1S/C19H27N3O2/c1-13-10-21(12-18(13)20(4)5)19(23)17-9-14(2)22(15(17)3)11-16-7-6-8-24-16/h6-9,13,18H,10-12H2,1-5H3. The average Bonchev–Trinajstić information content (AvgIpc) is 3.23. The van der Waals surface area contributed by atoms with Crippen LogP contribution < -0.4 is 0 Å². The molecule has 0 radical (unpaired) electrons. The second-order valence-corrected chi connectivity index (χ2v) is 7.17. The third kappa shape index (κ3) is 3.00. The molecule has 24 heavy (non-hydrogen) atoms. The third-order valence-corrected chi connectivity index (χ3v) is 5.22. The minimum Gasteiger partial charge on any atom is -0.467 e. The predicted octanol–water partition coefficient (Wildman–Crippen LogP) is 2.77. The lowest BCUT2D eigenvalue weighted by atomic mass is 10.1. The molecule has 2 atom stereocenters. The lowest BCUT2D eigenvalue weighted by Gasteiger charge is -2.22. The van der Waals surface area contributed by atoms with Crippen LogP contribution in [0.2, 0.25) is 0 Å². The summed E-state index contributed by atoms with van der Waals surface area (Å²) in [4.78, 5) is 17.2. The van der Waals surface area contributed by atoms with Crippen molar-refractivity contribution in [3.05, 3.63) is 47.2 Å². The van der Waals surface area contributed by atoms with Gasteiger partial charge in [-0.25, -0.2) is 0 Å². The summed E-state index contributed by atoms with van der Waals surface area (Å²) in [6.45, 7) is 8.57. The fourth-order valence-corrected chi connectivity index (χ4v) is 3.78. The van der Waals surface area contributed by atoms with Gasteiger partial charge in [-0.05, 0) is 52.1 Å². The number of furan rings is 1. The smallest absolute Gasteiger partial charge is 0.255 e. The largest absolute Gasteiger partial charge is 0.467 e. The summed E-state index contributed by atoms with van der Waals surface area (Å²) in [7, 11) is 4.18. The average molecular weight is 329 g/mol. The SMILES string of the molecule is Cc1cc(C(=O)N2CC(C)C(N(C)C)C2)c(C)n1Cc1ccco1. The first-order valence-electron chi connectivity index (χ1n) is 8.53. The van der Waals surface area contributed by atoms with E-state index < -0.39 is 0 Å². The van der Waals surface area contributed by atoms with Gasteiger partial charge < -0.3 is 18.8 Å². The highest BCUT2D eigenvalue weighted by Crippen LogP contribution is 2.25. The van der Waals surface area contributed by atoms with Gasteiger partial charge in [-0.1, -0.05) is 6.92 Å². The topological polar surface area (TPSA) is 41.6 Å². The summed E-state index contributed by atoms with van der Waals surface area (Å²) in [6, 6.07) is 6.29. The Kier molecular flexibility index (Phi) is 4.54. The van der Waals surface area contributed by atoms with Crippen LogP contribution in [0.4, 0.5) is 0 Å². The molecule has 1 aliphatic rings. The van der Waals surface area contributed by atoms with Crippen molar-refractivity contribution in [1.29, 1.82) is 0 Å². The van der Waals surface area contributed by atoms with E-state index in [1.54, 1.807) is 6.26 Å². The van der Waals surface area contributed by atoms with E-state index >= 15 is 0 Å². The molecule has 0 bridgehead atoms. The van der Waals surface area contributed by atoms with Gasteiger partial charge in [0.05, 0.1) is 18.4 Å². The maximum Gasteiger partial charge on any atom is 0.255 e. The maximum atomic E-state index is 13.0. The Bertz CT molecular complexity index is 715. The lowest BCUT2D eigenvalue weighted by molar-refractivity contribution is 0.0780. The van der Waals surface area contributed by atoms with E-state index in [1.807, 2.05) is 36.9 Å². The van der Waals surface area contributed by atoms with Crippen molar-refractivity contribution in [3.8, 4) is 0 Å². The number of likely N-dealkylation sites (N-methyl/N-ethyl adjacent to an activating group) is 1. The van der Waals surface area contributed by atoms with E-state index in [9.17, 15) is 4.79 Å². The van der Waals surface area contributed by atoms with Crippen LogP contribution in [-0.2, 0) is 6.54 Å². The number of nitrogens with zero attached hydrogens (tertiary/aromatic N) is 3. The summed E-state index contributed by atoms with van der Waals surface area (Å²) in [6.07, 6.45) is 1.68. The number of hydrogen-bond acceptors (Lipinski definition) is 3. The Labute approximate surface area is 143 Å². The van der Waals surface area contributed by atoms with Crippen LogP contribution >= 0.6 is 0 Å². The first-order valence-corrected chi connectivity index (χ1v) is 8.53. The van der Waals surface area contributed by atoms with Gasteiger partial charge in [0.1, 0.15) is 5.76 Å². The van der Waals surface area contributed by atoms with Crippen molar-refractivity contribution in [2.45, 2.75) is 33.4 Å². The summed E-state index contributed by atoms with van der Waals surface area (Å²) >= 11 is 0. The molecule has 3 rings (SSSR count). The molecule has 5 nitrogen and oxygen atoms in total. The zero-order valence-corrected chi connectivity index (χ0v) is 15.2. The highest BCUT2D eigenvalue weighted by Gasteiger charge is 2.35. The van der Waals surface area contributed by atoms with Gasteiger partial charge in [-0.3, -0.25) is 4.79 Å². The number of carbonyl (C=O) groups excluding carboxylic acids is 1. The number of aromatic nitrogens is 1. The minimum absolute atomic E-state index is 0.144. The van der Waals surface area contributed by atoms with Crippen LogP contribution in [0, 0.1) is 19.8 Å². The van der Waals surface area contributed by atoms with Crippen LogP contribution in [-0.4, -0.2) is 53.5 Å². The van der Waals surface area contributed by atoms with Gasteiger partial charge in [0.15, 0.2) is 0 Å². The van der Waals surface area contributed by atoms with E-state index in [0.717, 1.165) is 35.8 Å². The minimum atomic E-state index is 0.144. The molecule has 0 saturated carbocycles. The summed E-state index contributed by atoms with van der Waals surface area (Å²) in [5.74, 6) is 1.54. The summed E-state index contributed by atoms with van der Waals surface area (Å²) in [5, 5.41) is 0. The molecule has 0 spiro atoms. The normalized spacial score (nSPS) is 21.0. The molecular formula is C19H27N3O2. The van der Waals surface area contributed by atoms with Gasteiger partial charge in [0.25, 0.3) is 5.91 Å². The van der Waals surface area contributed by atoms with Crippen molar-refractivity contribution >= 4 is 5.91 Å². The highest BCUT2D eigenvalue weighted by molar-refractivity contribution is 5.96. The fourth-order valence-electron chi connectivity index (χ4n) is 3.78. The molecule has 5 heteroatoms. The van der Waals surface area contributed by atoms with Crippen molar-refractivity contribution in [2.24, 2.45) is 5.92 Å². The predicted molar refractivity (Wildman–Crippen MR) is 94.3 cm³/mol. The maximum absolute atomic E-state index is 13.0. The number of amides is 1. The fraction of sp³-hybridized carbons (Fsp3) is 0.526. The molecule has 0 N–H and O–H groups in total. The quantitative estimate of drug-likeness (QED) is 0.866. The van der Waals surface area contributed by atoms with Crippen LogP contribution in [0.3, 0.4) is 0 Å².